The smallest absolute Gasteiger partial charge is 0.265 e. The first-order valence-corrected chi connectivity index (χ1v) is 8.37. The maximum absolute atomic E-state index is 12.2. The predicted octanol–water partition coefficient (Wildman–Crippen LogP) is 1.23. The van der Waals surface area contributed by atoms with Crippen LogP contribution in [0.3, 0.4) is 0 Å². The molecule has 3 rings (SSSR count). The Hall–Kier alpha value is -1.50. The Kier molecular flexibility index (Phi) is 4.19. The molecule has 1 aliphatic heterocycles. The average Bonchev–Trinajstić information content (AvgIpc) is 3.24. The topological polar surface area (TPSA) is 75.2 Å². The lowest BCUT2D eigenvalue weighted by Crippen LogP contribution is -2.47. The maximum Gasteiger partial charge on any atom is 0.265 e. The van der Waals surface area contributed by atoms with E-state index in [4.69, 9.17) is 0 Å². The van der Waals surface area contributed by atoms with E-state index in [9.17, 15) is 9.59 Å². The Morgan fingerprint density at radius 2 is 2.00 bits per heavy atom. The molecule has 21 heavy (non-hydrogen) atoms. The van der Waals surface area contributed by atoms with Gasteiger partial charge in [-0.15, -0.1) is 5.10 Å². The van der Waals surface area contributed by atoms with Gasteiger partial charge < -0.3 is 10.2 Å². The van der Waals surface area contributed by atoms with Gasteiger partial charge in [0.05, 0.1) is 5.69 Å². The molecule has 1 saturated carbocycles. The van der Waals surface area contributed by atoms with Gasteiger partial charge in [-0.25, -0.2) is 0 Å². The lowest BCUT2D eigenvalue weighted by atomic mass is 10.0. The molecule has 1 N–H and O–H groups in total. The van der Waals surface area contributed by atoms with Crippen molar-refractivity contribution in [1.82, 2.24) is 19.8 Å². The van der Waals surface area contributed by atoms with Crippen molar-refractivity contribution in [1.29, 1.82) is 0 Å². The summed E-state index contributed by atoms with van der Waals surface area (Å²) in [5.74, 6) is 0.514. The molecule has 2 fully saturated rings. The minimum atomic E-state index is -0.0752. The Labute approximate surface area is 128 Å². The minimum absolute atomic E-state index is 0.0752. The summed E-state index contributed by atoms with van der Waals surface area (Å²) in [6, 6.07) is 0.146. The number of carbonyl (C=O) groups is 2. The number of carbonyl (C=O) groups excluding carboxylic acids is 2. The summed E-state index contributed by atoms with van der Waals surface area (Å²) < 4.78 is 3.85. The van der Waals surface area contributed by atoms with Crippen molar-refractivity contribution in [3.05, 3.63) is 10.6 Å². The number of aryl methyl sites for hydroxylation is 1. The van der Waals surface area contributed by atoms with Crippen LogP contribution in [0.2, 0.25) is 0 Å². The van der Waals surface area contributed by atoms with Crippen molar-refractivity contribution in [2.75, 3.05) is 13.1 Å². The SMILES string of the molecule is CCc1nnsc1C(=O)NC1CCN(C(=O)C2CC2)CC1. The maximum atomic E-state index is 12.2. The first-order valence-electron chi connectivity index (χ1n) is 7.60. The van der Waals surface area contributed by atoms with Gasteiger partial charge in [-0.05, 0) is 43.6 Å². The highest BCUT2D eigenvalue weighted by Gasteiger charge is 2.35. The van der Waals surface area contributed by atoms with E-state index in [1.54, 1.807) is 0 Å². The monoisotopic (exact) mass is 308 g/mol. The number of amides is 2. The lowest BCUT2D eigenvalue weighted by Gasteiger charge is -2.32. The van der Waals surface area contributed by atoms with Gasteiger partial charge in [-0.1, -0.05) is 11.4 Å². The van der Waals surface area contributed by atoms with Crippen LogP contribution in [0.4, 0.5) is 0 Å². The summed E-state index contributed by atoms with van der Waals surface area (Å²) in [5.41, 5.74) is 0.763. The molecule has 2 aliphatic rings. The van der Waals surface area contributed by atoms with Crippen LogP contribution < -0.4 is 5.32 Å². The molecule has 1 aromatic rings. The molecule has 0 aromatic carbocycles. The molecule has 114 valence electrons. The quantitative estimate of drug-likeness (QED) is 0.908. The normalized spacial score (nSPS) is 19.6. The van der Waals surface area contributed by atoms with Gasteiger partial charge in [-0.2, -0.15) is 0 Å². The van der Waals surface area contributed by atoms with Gasteiger partial charge in [0.15, 0.2) is 0 Å². The molecule has 0 spiro atoms. The third kappa shape index (κ3) is 3.23. The van der Waals surface area contributed by atoms with E-state index in [-0.39, 0.29) is 17.9 Å². The van der Waals surface area contributed by atoms with Crippen LogP contribution in [-0.2, 0) is 11.2 Å². The summed E-state index contributed by atoms with van der Waals surface area (Å²) in [6.45, 7) is 3.47. The second kappa shape index (κ2) is 6.09. The third-order valence-corrected chi connectivity index (χ3v) is 4.93. The summed E-state index contributed by atoms with van der Waals surface area (Å²) in [6.07, 6.45) is 4.48. The molecule has 0 atom stereocenters. The number of nitrogens with zero attached hydrogens (tertiary/aromatic N) is 3. The van der Waals surface area contributed by atoms with Crippen molar-refractivity contribution < 1.29 is 9.59 Å². The van der Waals surface area contributed by atoms with Crippen LogP contribution in [0.25, 0.3) is 0 Å². The highest BCUT2D eigenvalue weighted by molar-refractivity contribution is 7.08. The van der Waals surface area contributed by atoms with Gasteiger partial charge in [0.1, 0.15) is 4.88 Å². The Morgan fingerprint density at radius 1 is 1.29 bits per heavy atom. The second-order valence-electron chi connectivity index (χ2n) is 5.75. The van der Waals surface area contributed by atoms with Gasteiger partial charge in [-0.3, -0.25) is 9.59 Å². The van der Waals surface area contributed by atoms with Crippen LogP contribution >= 0.6 is 11.5 Å². The first-order chi connectivity index (χ1) is 10.2. The highest BCUT2D eigenvalue weighted by Crippen LogP contribution is 2.31. The summed E-state index contributed by atoms with van der Waals surface area (Å²) in [5, 5.41) is 7.02. The summed E-state index contributed by atoms with van der Waals surface area (Å²) >= 11 is 1.15. The molecule has 6 nitrogen and oxygen atoms in total. The van der Waals surface area contributed by atoms with Crippen LogP contribution in [0.5, 0.6) is 0 Å². The molecule has 0 radical (unpaired) electrons. The Morgan fingerprint density at radius 3 is 2.62 bits per heavy atom. The third-order valence-electron chi connectivity index (χ3n) is 4.17. The predicted molar refractivity (Wildman–Crippen MR) is 79.1 cm³/mol. The van der Waals surface area contributed by atoms with E-state index in [1.807, 2.05) is 11.8 Å². The second-order valence-corrected chi connectivity index (χ2v) is 6.50. The number of hydrogen-bond acceptors (Lipinski definition) is 5. The Bertz CT molecular complexity index is 533. The van der Waals surface area contributed by atoms with Crippen molar-refractivity contribution in [3.63, 3.8) is 0 Å². The van der Waals surface area contributed by atoms with Gasteiger partial charge in [0, 0.05) is 25.0 Å². The number of piperidine rings is 1. The van der Waals surface area contributed by atoms with E-state index >= 15 is 0 Å². The van der Waals surface area contributed by atoms with E-state index in [0.29, 0.717) is 17.2 Å². The minimum Gasteiger partial charge on any atom is -0.348 e. The molecule has 2 heterocycles. The molecule has 1 saturated heterocycles. The number of aromatic nitrogens is 2. The zero-order chi connectivity index (χ0) is 14.8. The van der Waals surface area contributed by atoms with Crippen molar-refractivity contribution in [3.8, 4) is 0 Å². The van der Waals surface area contributed by atoms with E-state index < -0.39 is 0 Å². The van der Waals surface area contributed by atoms with Crippen molar-refractivity contribution in [2.24, 2.45) is 5.92 Å². The standard InChI is InChI=1S/C14H20N4O2S/c1-2-11-12(21-17-16-11)13(19)15-10-5-7-18(8-6-10)14(20)9-3-4-9/h9-10H,2-8H2,1H3,(H,15,19). The van der Waals surface area contributed by atoms with Gasteiger partial charge in [0.25, 0.3) is 5.91 Å². The van der Waals surface area contributed by atoms with Gasteiger partial charge in [0.2, 0.25) is 5.91 Å². The van der Waals surface area contributed by atoms with Crippen LogP contribution in [0, 0.1) is 5.92 Å². The largest absolute Gasteiger partial charge is 0.348 e. The molecule has 1 aromatic heterocycles. The van der Waals surface area contributed by atoms with Gasteiger partial charge >= 0.3 is 0 Å². The first kappa shape index (κ1) is 14.4. The van der Waals surface area contributed by atoms with E-state index in [0.717, 1.165) is 56.0 Å². The fourth-order valence-electron chi connectivity index (χ4n) is 2.70. The molecule has 0 bridgehead atoms. The molecule has 1 aliphatic carbocycles. The van der Waals surface area contributed by atoms with Crippen molar-refractivity contribution >= 4 is 23.3 Å². The molecule has 2 amide bonds. The van der Waals surface area contributed by atoms with Crippen LogP contribution in [-0.4, -0.2) is 45.4 Å². The fourth-order valence-corrected chi connectivity index (χ4v) is 3.35. The average molecular weight is 308 g/mol. The van der Waals surface area contributed by atoms with E-state index in [1.165, 1.54) is 0 Å². The molecule has 7 heteroatoms. The molecular weight excluding hydrogens is 288 g/mol. The highest BCUT2D eigenvalue weighted by atomic mass is 32.1. The number of nitrogens with one attached hydrogen (secondary N) is 1. The zero-order valence-electron chi connectivity index (χ0n) is 12.2. The zero-order valence-corrected chi connectivity index (χ0v) is 13.0. The van der Waals surface area contributed by atoms with E-state index in [2.05, 4.69) is 14.9 Å². The van der Waals surface area contributed by atoms with Crippen molar-refractivity contribution in [2.45, 2.75) is 45.1 Å². The lowest BCUT2D eigenvalue weighted by molar-refractivity contribution is -0.133. The van der Waals surface area contributed by atoms with Crippen LogP contribution in [0.1, 0.15) is 48.0 Å². The number of hydrogen-bond donors (Lipinski definition) is 1. The fraction of sp³-hybridized carbons (Fsp3) is 0.714. The van der Waals surface area contributed by atoms with Crippen LogP contribution in [0.15, 0.2) is 0 Å². The summed E-state index contributed by atoms with van der Waals surface area (Å²) in [7, 11) is 0. The summed E-state index contributed by atoms with van der Waals surface area (Å²) in [4.78, 5) is 26.8. The number of rotatable bonds is 4. The molecular formula is C14H20N4O2S. The number of likely N-dealkylation sites (tertiary alicyclic amines) is 1. The Balaban J connectivity index is 1.51. The molecule has 0 unspecified atom stereocenters.